The van der Waals surface area contributed by atoms with Crippen LogP contribution in [0.2, 0.25) is 0 Å². The number of aryl methyl sites for hydroxylation is 1. The topological polar surface area (TPSA) is 87.7 Å². The van der Waals surface area contributed by atoms with Gasteiger partial charge in [-0.25, -0.2) is 4.79 Å². The van der Waals surface area contributed by atoms with Gasteiger partial charge in [-0.15, -0.1) is 0 Å². The van der Waals surface area contributed by atoms with E-state index in [-0.39, 0.29) is 18.2 Å². The van der Waals surface area contributed by atoms with Crippen LogP contribution in [0.5, 0.6) is 0 Å². The number of benzene rings is 2. The van der Waals surface area contributed by atoms with Crippen molar-refractivity contribution < 1.29 is 19.1 Å². The van der Waals surface area contributed by atoms with Crippen molar-refractivity contribution in [3.63, 3.8) is 0 Å². The summed E-state index contributed by atoms with van der Waals surface area (Å²) in [5, 5.41) is 5.68. The monoisotopic (exact) mass is 481 g/mol. The quantitative estimate of drug-likeness (QED) is 0.488. The van der Waals surface area contributed by atoms with Gasteiger partial charge in [-0.05, 0) is 45.2 Å². The minimum atomic E-state index is -0.909. The molecule has 2 unspecified atom stereocenters. The Balaban J connectivity index is 2.36. The minimum Gasteiger partial charge on any atom is -0.444 e. The summed E-state index contributed by atoms with van der Waals surface area (Å²) in [5.74, 6) is -0.632. The molecule has 190 valence electrons. The second-order valence-electron chi connectivity index (χ2n) is 9.80. The molecule has 0 saturated heterocycles. The molecule has 2 rings (SSSR count). The summed E-state index contributed by atoms with van der Waals surface area (Å²) in [6.45, 7) is 9.82. The van der Waals surface area contributed by atoms with Crippen LogP contribution in [0.15, 0.2) is 54.6 Å². The number of hydrogen-bond donors (Lipinski definition) is 2. The Morgan fingerprint density at radius 2 is 1.71 bits per heavy atom. The Hall–Kier alpha value is -3.35. The first-order chi connectivity index (χ1) is 16.5. The lowest BCUT2D eigenvalue weighted by atomic mass is 10.00. The highest BCUT2D eigenvalue weighted by molar-refractivity contribution is 5.92. The molecule has 0 aromatic heterocycles. The van der Waals surface area contributed by atoms with E-state index in [1.165, 1.54) is 4.90 Å². The highest BCUT2D eigenvalue weighted by atomic mass is 16.6. The maximum absolute atomic E-state index is 13.8. The van der Waals surface area contributed by atoms with E-state index in [9.17, 15) is 14.4 Å². The number of rotatable bonds is 10. The molecule has 7 heteroatoms. The van der Waals surface area contributed by atoms with Crippen molar-refractivity contribution in [2.24, 2.45) is 0 Å². The molecule has 0 fully saturated rings. The number of hydrogen-bond acceptors (Lipinski definition) is 4. The Morgan fingerprint density at radius 1 is 1.03 bits per heavy atom. The predicted molar refractivity (Wildman–Crippen MR) is 138 cm³/mol. The predicted octanol–water partition coefficient (Wildman–Crippen LogP) is 4.55. The van der Waals surface area contributed by atoms with E-state index in [2.05, 4.69) is 17.6 Å². The first kappa shape index (κ1) is 27.9. The molecule has 0 saturated carbocycles. The average molecular weight is 482 g/mol. The van der Waals surface area contributed by atoms with Crippen LogP contribution in [-0.2, 0) is 20.7 Å². The molecular formula is C28H39N3O4. The van der Waals surface area contributed by atoms with Gasteiger partial charge < -0.3 is 20.3 Å². The molecular weight excluding hydrogens is 442 g/mol. The highest BCUT2D eigenvalue weighted by Crippen LogP contribution is 2.23. The van der Waals surface area contributed by atoms with E-state index in [1.54, 1.807) is 27.8 Å². The summed E-state index contributed by atoms with van der Waals surface area (Å²) in [5.41, 5.74) is 1.88. The van der Waals surface area contributed by atoms with Crippen LogP contribution in [0.3, 0.4) is 0 Å². The largest absolute Gasteiger partial charge is 0.444 e. The van der Waals surface area contributed by atoms with E-state index in [0.29, 0.717) is 12.1 Å². The van der Waals surface area contributed by atoms with Crippen molar-refractivity contribution >= 4 is 17.9 Å². The zero-order valence-electron chi connectivity index (χ0n) is 21.8. The second-order valence-corrected chi connectivity index (χ2v) is 9.80. The summed E-state index contributed by atoms with van der Waals surface area (Å²) in [6, 6.07) is 15.3. The summed E-state index contributed by atoms with van der Waals surface area (Å²) >= 11 is 0. The SMILES string of the molecule is CCCCNC(=O)C(c1cccc(C)c1)N(C)C(=O)C(Cc1ccccc1)NC(=O)OC(C)(C)C. The van der Waals surface area contributed by atoms with Crippen molar-refractivity contribution in [1.29, 1.82) is 0 Å². The van der Waals surface area contributed by atoms with Crippen molar-refractivity contribution in [2.75, 3.05) is 13.6 Å². The fraction of sp³-hybridized carbons (Fsp3) is 0.464. The van der Waals surface area contributed by atoms with Gasteiger partial charge in [0.25, 0.3) is 0 Å². The molecule has 0 aliphatic heterocycles. The molecule has 0 aliphatic carbocycles. The third-order valence-electron chi connectivity index (χ3n) is 5.44. The Morgan fingerprint density at radius 3 is 2.31 bits per heavy atom. The molecule has 2 aromatic rings. The van der Waals surface area contributed by atoms with Crippen LogP contribution in [-0.4, -0.2) is 48.0 Å². The molecule has 2 aromatic carbocycles. The van der Waals surface area contributed by atoms with Crippen LogP contribution < -0.4 is 10.6 Å². The van der Waals surface area contributed by atoms with Gasteiger partial charge in [0.05, 0.1) is 0 Å². The molecule has 3 amide bonds. The fourth-order valence-corrected chi connectivity index (χ4v) is 3.75. The van der Waals surface area contributed by atoms with Crippen molar-refractivity contribution in [1.82, 2.24) is 15.5 Å². The van der Waals surface area contributed by atoms with Crippen LogP contribution >= 0.6 is 0 Å². The van der Waals surface area contributed by atoms with Gasteiger partial charge in [0, 0.05) is 20.0 Å². The first-order valence-corrected chi connectivity index (χ1v) is 12.2. The third kappa shape index (κ3) is 9.08. The van der Waals surface area contributed by atoms with E-state index < -0.39 is 23.8 Å². The fourth-order valence-electron chi connectivity index (χ4n) is 3.75. The zero-order valence-corrected chi connectivity index (χ0v) is 21.8. The number of nitrogens with zero attached hydrogens (tertiary/aromatic N) is 1. The van der Waals surface area contributed by atoms with E-state index in [4.69, 9.17) is 4.74 Å². The van der Waals surface area contributed by atoms with Gasteiger partial charge in [-0.2, -0.15) is 0 Å². The highest BCUT2D eigenvalue weighted by Gasteiger charge is 2.34. The van der Waals surface area contributed by atoms with Crippen LogP contribution in [0.4, 0.5) is 4.79 Å². The lowest BCUT2D eigenvalue weighted by Gasteiger charge is -2.32. The van der Waals surface area contributed by atoms with E-state index in [1.807, 2.05) is 61.5 Å². The summed E-state index contributed by atoms with van der Waals surface area (Å²) in [4.78, 5) is 41.0. The number of unbranched alkanes of at least 4 members (excludes halogenated alkanes) is 1. The minimum absolute atomic E-state index is 0.254. The van der Waals surface area contributed by atoms with Crippen LogP contribution in [0.25, 0.3) is 0 Å². The van der Waals surface area contributed by atoms with Gasteiger partial charge in [-0.3, -0.25) is 9.59 Å². The number of likely N-dealkylation sites (N-methyl/N-ethyl adjacent to an activating group) is 1. The molecule has 0 heterocycles. The lowest BCUT2D eigenvalue weighted by Crippen LogP contribution is -2.52. The van der Waals surface area contributed by atoms with Crippen molar-refractivity contribution in [2.45, 2.75) is 71.6 Å². The van der Waals surface area contributed by atoms with Gasteiger partial charge in [0.1, 0.15) is 17.7 Å². The number of carbonyl (C=O) groups excluding carboxylic acids is 3. The molecule has 0 radical (unpaired) electrons. The maximum Gasteiger partial charge on any atom is 0.408 e. The second kappa shape index (κ2) is 12.9. The first-order valence-electron chi connectivity index (χ1n) is 12.2. The van der Waals surface area contributed by atoms with Crippen LogP contribution in [0.1, 0.15) is 63.3 Å². The molecule has 0 aliphatic rings. The molecule has 2 N–H and O–H groups in total. The van der Waals surface area contributed by atoms with Crippen molar-refractivity contribution in [3.05, 3.63) is 71.3 Å². The number of carbonyl (C=O) groups is 3. The van der Waals surface area contributed by atoms with Gasteiger partial charge in [-0.1, -0.05) is 73.5 Å². The maximum atomic E-state index is 13.8. The number of alkyl carbamates (subject to hydrolysis) is 1. The standard InChI is InChI=1S/C28H39N3O4/c1-7-8-17-29-25(32)24(22-16-12-13-20(2)18-22)31(6)26(33)23(19-21-14-10-9-11-15-21)30-27(34)35-28(3,4)5/h9-16,18,23-24H,7-8,17,19H2,1-6H3,(H,29,32)(H,30,34). The molecule has 2 atom stereocenters. The van der Waals surface area contributed by atoms with Crippen molar-refractivity contribution in [3.8, 4) is 0 Å². The number of ether oxygens (including phenoxy) is 1. The van der Waals surface area contributed by atoms with E-state index in [0.717, 1.165) is 24.0 Å². The number of amides is 3. The van der Waals surface area contributed by atoms with Gasteiger partial charge in [0.15, 0.2) is 0 Å². The molecule has 0 spiro atoms. The third-order valence-corrected chi connectivity index (χ3v) is 5.44. The van der Waals surface area contributed by atoms with Gasteiger partial charge >= 0.3 is 6.09 Å². The van der Waals surface area contributed by atoms with E-state index >= 15 is 0 Å². The Labute approximate surface area is 209 Å². The number of nitrogens with one attached hydrogen (secondary N) is 2. The summed E-state index contributed by atoms with van der Waals surface area (Å²) in [7, 11) is 1.60. The van der Waals surface area contributed by atoms with Gasteiger partial charge in [0.2, 0.25) is 11.8 Å². The normalized spacial score (nSPS) is 12.9. The average Bonchev–Trinajstić information content (AvgIpc) is 2.78. The Kier molecular flexibility index (Phi) is 10.3. The molecule has 0 bridgehead atoms. The smallest absolute Gasteiger partial charge is 0.408 e. The Bertz CT molecular complexity index is 985. The summed E-state index contributed by atoms with van der Waals surface area (Å²) in [6.07, 6.45) is 1.38. The molecule has 35 heavy (non-hydrogen) atoms. The zero-order chi connectivity index (χ0) is 26.0. The molecule has 7 nitrogen and oxygen atoms in total. The summed E-state index contributed by atoms with van der Waals surface area (Å²) < 4.78 is 5.41. The van der Waals surface area contributed by atoms with Crippen LogP contribution in [0, 0.1) is 6.92 Å². The lowest BCUT2D eigenvalue weighted by molar-refractivity contribution is -0.140.